The van der Waals surface area contributed by atoms with E-state index >= 15 is 0 Å². The Morgan fingerprint density at radius 3 is 2.86 bits per heavy atom. The van der Waals surface area contributed by atoms with E-state index in [4.69, 9.17) is 27.2 Å². The number of ether oxygens (including phenoxy) is 1. The number of pyridine rings is 1. The highest BCUT2D eigenvalue weighted by molar-refractivity contribution is 6.31. The smallest absolute Gasteiger partial charge is 0.326 e. The molecular weight excluding hydrogens is 208 g/mol. The molecule has 0 saturated heterocycles. The van der Waals surface area contributed by atoms with Gasteiger partial charge in [0.2, 0.25) is 0 Å². The Morgan fingerprint density at radius 1 is 1.79 bits per heavy atom. The van der Waals surface area contributed by atoms with Gasteiger partial charge in [0.25, 0.3) is 0 Å². The van der Waals surface area contributed by atoms with Gasteiger partial charge in [0.05, 0.1) is 24.0 Å². The number of aliphatic carboxylic acids is 1. The molecule has 1 atom stereocenters. The zero-order valence-electron chi connectivity index (χ0n) is 7.40. The van der Waals surface area contributed by atoms with Crippen LogP contribution in [0, 0.1) is 0 Å². The van der Waals surface area contributed by atoms with Crippen LogP contribution in [-0.4, -0.2) is 23.2 Å². The molecule has 1 heterocycles. The van der Waals surface area contributed by atoms with Crippen LogP contribution in [0.25, 0.3) is 0 Å². The Morgan fingerprint density at radius 2 is 2.43 bits per heavy atom. The third-order valence-electron chi connectivity index (χ3n) is 1.64. The number of halogens is 1. The Bertz CT molecular complexity index is 356. The molecule has 0 spiro atoms. The highest BCUT2D eigenvalue weighted by Crippen LogP contribution is 2.23. The van der Waals surface area contributed by atoms with E-state index in [9.17, 15) is 4.79 Å². The van der Waals surface area contributed by atoms with Crippen LogP contribution in [0.4, 0.5) is 0 Å². The van der Waals surface area contributed by atoms with Crippen LogP contribution < -0.4 is 10.5 Å². The predicted molar refractivity (Wildman–Crippen MR) is 50.4 cm³/mol. The number of aromatic nitrogens is 1. The lowest BCUT2D eigenvalue weighted by Gasteiger charge is -2.08. The van der Waals surface area contributed by atoms with Gasteiger partial charge < -0.3 is 15.6 Å². The van der Waals surface area contributed by atoms with E-state index < -0.39 is 12.0 Å². The molecule has 1 aromatic rings. The molecule has 0 aliphatic carbocycles. The number of nitrogens with zero attached hydrogens (tertiary/aromatic N) is 1. The van der Waals surface area contributed by atoms with Crippen LogP contribution in [0.5, 0.6) is 5.75 Å². The Labute approximate surface area is 85.5 Å². The largest absolute Gasteiger partial charge is 0.495 e. The molecule has 76 valence electrons. The fourth-order valence-electron chi connectivity index (χ4n) is 0.888. The van der Waals surface area contributed by atoms with Crippen molar-refractivity contribution in [3.05, 3.63) is 23.0 Å². The number of carboxylic acids is 1. The fourth-order valence-corrected chi connectivity index (χ4v) is 1.16. The van der Waals surface area contributed by atoms with Crippen molar-refractivity contribution >= 4 is 17.6 Å². The first-order valence-electron chi connectivity index (χ1n) is 3.74. The van der Waals surface area contributed by atoms with Gasteiger partial charge in [-0.15, -0.1) is 0 Å². The lowest BCUT2D eigenvalue weighted by molar-refractivity contribution is -0.138. The van der Waals surface area contributed by atoms with E-state index in [1.54, 1.807) is 0 Å². The molecule has 1 unspecified atom stereocenters. The van der Waals surface area contributed by atoms with E-state index in [0.29, 0.717) is 5.75 Å². The van der Waals surface area contributed by atoms with Crippen LogP contribution in [0.15, 0.2) is 12.3 Å². The van der Waals surface area contributed by atoms with Crippen LogP contribution in [0.3, 0.4) is 0 Å². The molecule has 0 aliphatic heterocycles. The summed E-state index contributed by atoms with van der Waals surface area (Å²) in [6, 6.07) is 0.251. The molecule has 3 N–H and O–H groups in total. The molecule has 6 heteroatoms. The first-order chi connectivity index (χ1) is 6.56. The molecule has 0 bridgehead atoms. The van der Waals surface area contributed by atoms with Crippen LogP contribution in [0.1, 0.15) is 11.7 Å². The summed E-state index contributed by atoms with van der Waals surface area (Å²) in [7, 11) is 1.46. The second kappa shape index (κ2) is 4.26. The maximum absolute atomic E-state index is 10.6. The van der Waals surface area contributed by atoms with Gasteiger partial charge in [-0.25, -0.2) is 0 Å². The third kappa shape index (κ3) is 2.12. The van der Waals surface area contributed by atoms with E-state index in [-0.39, 0.29) is 10.7 Å². The fraction of sp³-hybridized carbons (Fsp3) is 0.250. The number of carboxylic acid groups (broad SMARTS) is 1. The van der Waals surface area contributed by atoms with Gasteiger partial charge in [0.15, 0.2) is 0 Å². The summed E-state index contributed by atoms with van der Waals surface area (Å²) in [5.74, 6) is -0.721. The summed E-state index contributed by atoms with van der Waals surface area (Å²) in [5, 5.41) is 8.81. The van der Waals surface area contributed by atoms with Gasteiger partial charge in [-0.2, -0.15) is 0 Å². The monoisotopic (exact) mass is 216 g/mol. The van der Waals surface area contributed by atoms with E-state index in [1.807, 2.05) is 0 Å². The topological polar surface area (TPSA) is 85.4 Å². The minimum Gasteiger partial charge on any atom is -0.495 e. The molecule has 0 amide bonds. The molecule has 1 aromatic heterocycles. The van der Waals surface area contributed by atoms with Crippen LogP contribution in [-0.2, 0) is 4.79 Å². The summed E-state index contributed by atoms with van der Waals surface area (Å²) >= 11 is 5.76. The number of hydrogen-bond acceptors (Lipinski definition) is 4. The molecule has 14 heavy (non-hydrogen) atoms. The lowest BCUT2D eigenvalue weighted by atomic mass is 10.2. The average Bonchev–Trinajstić information content (AvgIpc) is 2.16. The van der Waals surface area contributed by atoms with Crippen molar-refractivity contribution in [3.8, 4) is 5.75 Å². The minimum atomic E-state index is -1.21. The summed E-state index contributed by atoms with van der Waals surface area (Å²) in [5.41, 5.74) is 5.47. The second-order valence-corrected chi connectivity index (χ2v) is 2.97. The van der Waals surface area contributed by atoms with Gasteiger partial charge in [0, 0.05) is 6.07 Å². The second-order valence-electron chi connectivity index (χ2n) is 2.56. The summed E-state index contributed by atoms with van der Waals surface area (Å²) < 4.78 is 4.86. The number of rotatable bonds is 3. The lowest BCUT2D eigenvalue weighted by Crippen LogP contribution is -2.22. The average molecular weight is 217 g/mol. The molecule has 5 nitrogen and oxygen atoms in total. The molecule has 0 radical (unpaired) electrons. The Kier molecular flexibility index (Phi) is 3.27. The normalized spacial score (nSPS) is 12.2. The zero-order chi connectivity index (χ0) is 10.7. The number of methoxy groups -OCH3 is 1. The van der Waals surface area contributed by atoms with Gasteiger partial charge in [-0.1, -0.05) is 11.6 Å². The molecule has 0 aromatic carbocycles. The molecule has 0 fully saturated rings. The predicted octanol–water partition coefficient (Wildman–Crippen LogP) is 0.828. The van der Waals surface area contributed by atoms with Crippen LogP contribution >= 0.6 is 11.6 Å². The van der Waals surface area contributed by atoms with Crippen molar-refractivity contribution in [2.24, 2.45) is 5.73 Å². The van der Waals surface area contributed by atoms with Gasteiger partial charge >= 0.3 is 5.97 Å². The van der Waals surface area contributed by atoms with Crippen molar-refractivity contribution in [1.29, 1.82) is 0 Å². The number of carbonyl (C=O) groups is 1. The van der Waals surface area contributed by atoms with E-state index in [1.165, 1.54) is 19.4 Å². The number of hydrogen-bond donors (Lipinski definition) is 2. The first kappa shape index (κ1) is 10.7. The van der Waals surface area contributed by atoms with Gasteiger partial charge in [-0.3, -0.25) is 9.78 Å². The Hall–Kier alpha value is -1.33. The zero-order valence-corrected chi connectivity index (χ0v) is 8.15. The van der Waals surface area contributed by atoms with Crippen molar-refractivity contribution in [2.45, 2.75) is 6.04 Å². The Balaban J connectivity index is 3.05. The summed E-state index contributed by atoms with van der Waals surface area (Å²) in [6.07, 6.45) is 1.37. The molecule has 1 rings (SSSR count). The number of nitrogens with two attached hydrogens (primary N) is 1. The quantitative estimate of drug-likeness (QED) is 0.782. The standard InChI is InChI=1S/C8H9ClN2O3/c1-14-4-2-5(9)7(11-3-4)6(10)8(12)13/h2-3,6H,10H2,1H3,(H,12,13). The highest BCUT2D eigenvalue weighted by Gasteiger charge is 2.19. The van der Waals surface area contributed by atoms with Gasteiger partial charge in [0.1, 0.15) is 11.8 Å². The third-order valence-corrected chi connectivity index (χ3v) is 1.94. The van der Waals surface area contributed by atoms with Gasteiger partial charge in [-0.05, 0) is 0 Å². The molecule has 0 aliphatic rings. The maximum atomic E-state index is 10.6. The van der Waals surface area contributed by atoms with Crippen molar-refractivity contribution in [1.82, 2.24) is 4.98 Å². The van der Waals surface area contributed by atoms with Crippen LogP contribution in [0.2, 0.25) is 5.02 Å². The van der Waals surface area contributed by atoms with Crippen molar-refractivity contribution in [2.75, 3.05) is 7.11 Å². The highest BCUT2D eigenvalue weighted by atomic mass is 35.5. The minimum absolute atomic E-state index is 0.125. The SMILES string of the molecule is COc1cnc(C(N)C(=O)O)c(Cl)c1. The first-order valence-corrected chi connectivity index (χ1v) is 4.12. The maximum Gasteiger partial charge on any atom is 0.326 e. The summed E-state index contributed by atoms with van der Waals surface area (Å²) in [4.78, 5) is 14.4. The summed E-state index contributed by atoms with van der Waals surface area (Å²) in [6.45, 7) is 0. The molecular formula is C8H9ClN2O3. The van der Waals surface area contributed by atoms with Crippen molar-refractivity contribution < 1.29 is 14.6 Å². The van der Waals surface area contributed by atoms with Crippen molar-refractivity contribution in [3.63, 3.8) is 0 Å². The molecule has 0 saturated carbocycles. The van der Waals surface area contributed by atoms with E-state index in [2.05, 4.69) is 4.98 Å². The van der Waals surface area contributed by atoms with E-state index in [0.717, 1.165) is 0 Å².